The lowest BCUT2D eigenvalue weighted by molar-refractivity contribution is 0.138. The predicted molar refractivity (Wildman–Crippen MR) is 34.3 cm³/mol. The number of nitrogens with zero attached hydrogens (tertiary/aromatic N) is 1. The van der Waals surface area contributed by atoms with E-state index in [1.807, 2.05) is 0 Å². The van der Waals surface area contributed by atoms with E-state index in [1.54, 1.807) is 0 Å². The summed E-state index contributed by atoms with van der Waals surface area (Å²) >= 11 is 0. The fourth-order valence-corrected chi connectivity index (χ4v) is 0.762. The third kappa shape index (κ3) is 1.68. The minimum Gasteiger partial charge on any atom is -0.476 e. The molecule has 0 spiro atoms. The molecule has 1 aliphatic rings. The van der Waals surface area contributed by atoms with Crippen LogP contribution >= 0.6 is 0 Å². The van der Waals surface area contributed by atoms with Gasteiger partial charge in [0.2, 0.25) is 0 Å². The number of aliphatic imine (C=N–C) groups is 1. The van der Waals surface area contributed by atoms with Gasteiger partial charge >= 0.3 is 0 Å². The lowest BCUT2D eigenvalue weighted by Gasteiger charge is -1.95. The molecule has 1 atom stereocenters. The van der Waals surface area contributed by atoms with Crippen molar-refractivity contribution in [1.29, 1.82) is 0 Å². The van der Waals surface area contributed by atoms with Crippen molar-refractivity contribution in [3.63, 3.8) is 0 Å². The van der Waals surface area contributed by atoms with Gasteiger partial charge in [0, 0.05) is 6.42 Å². The second kappa shape index (κ2) is 2.82. The molecule has 0 aliphatic carbocycles. The number of aliphatic hydroxyl groups is 1. The number of ether oxygens (including phenoxy) is 1. The van der Waals surface area contributed by atoms with Crippen molar-refractivity contribution in [1.82, 2.24) is 0 Å². The minimum atomic E-state index is -0.605. The van der Waals surface area contributed by atoms with Crippen molar-refractivity contribution in [2.24, 2.45) is 4.99 Å². The van der Waals surface area contributed by atoms with Gasteiger partial charge in [0.1, 0.15) is 6.61 Å². The summed E-state index contributed by atoms with van der Waals surface area (Å²) in [6.45, 7) is 2.39. The average Bonchev–Trinajstić information content (AvgIpc) is 2.17. The third-order valence-corrected chi connectivity index (χ3v) is 1.16. The molecular formula is C6H11NO2. The first-order valence-corrected chi connectivity index (χ1v) is 3.20. The molecular weight excluding hydrogens is 118 g/mol. The monoisotopic (exact) mass is 129 g/mol. The molecule has 0 saturated heterocycles. The zero-order chi connectivity index (χ0) is 6.69. The Bertz CT molecular complexity index is 122. The standard InChI is InChI=1S/C6H11NO2/c1-2-3-6-7-5(8)4-9-6/h5,8H,2-4H2,1H3. The highest BCUT2D eigenvalue weighted by Gasteiger charge is 2.13. The van der Waals surface area contributed by atoms with Gasteiger partial charge in [0.25, 0.3) is 0 Å². The molecule has 1 N–H and O–H groups in total. The molecule has 0 saturated carbocycles. The predicted octanol–water partition coefficient (Wildman–Crippen LogP) is 0.534. The first-order valence-electron chi connectivity index (χ1n) is 3.20. The molecule has 0 bridgehead atoms. The molecule has 0 aromatic heterocycles. The molecule has 1 rings (SSSR count). The zero-order valence-corrected chi connectivity index (χ0v) is 5.50. The Kier molecular flexibility index (Phi) is 2.05. The van der Waals surface area contributed by atoms with E-state index >= 15 is 0 Å². The summed E-state index contributed by atoms with van der Waals surface area (Å²) in [6, 6.07) is 0. The quantitative estimate of drug-likeness (QED) is 0.591. The van der Waals surface area contributed by atoms with Crippen LogP contribution in [0.2, 0.25) is 0 Å². The van der Waals surface area contributed by atoms with Crippen LogP contribution in [0.1, 0.15) is 19.8 Å². The Balaban J connectivity index is 2.33. The molecule has 0 aromatic rings. The van der Waals surface area contributed by atoms with Crippen molar-refractivity contribution in [3.05, 3.63) is 0 Å². The fourth-order valence-electron chi connectivity index (χ4n) is 0.762. The first-order chi connectivity index (χ1) is 4.33. The Labute approximate surface area is 54.4 Å². The molecule has 0 aromatic carbocycles. The SMILES string of the molecule is CCCC1=NC(O)CO1. The van der Waals surface area contributed by atoms with Crippen LogP contribution in [0, 0.1) is 0 Å². The topological polar surface area (TPSA) is 41.8 Å². The second-order valence-corrected chi connectivity index (χ2v) is 2.06. The van der Waals surface area contributed by atoms with E-state index in [1.165, 1.54) is 0 Å². The van der Waals surface area contributed by atoms with E-state index in [0.29, 0.717) is 12.5 Å². The van der Waals surface area contributed by atoms with Gasteiger partial charge in [-0.2, -0.15) is 0 Å². The van der Waals surface area contributed by atoms with Gasteiger partial charge in [-0.3, -0.25) is 0 Å². The molecule has 3 nitrogen and oxygen atoms in total. The van der Waals surface area contributed by atoms with Crippen LogP contribution in [-0.4, -0.2) is 23.8 Å². The van der Waals surface area contributed by atoms with Gasteiger partial charge in [-0.15, -0.1) is 0 Å². The molecule has 3 heteroatoms. The number of hydrogen-bond acceptors (Lipinski definition) is 3. The van der Waals surface area contributed by atoms with Gasteiger partial charge < -0.3 is 9.84 Å². The number of rotatable bonds is 2. The zero-order valence-electron chi connectivity index (χ0n) is 5.50. The van der Waals surface area contributed by atoms with Gasteiger partial charge in [-0.05, 0) is 6.42 Å². The van der Waals surface area contributed by atoms with Gasteiger partial charge in [0.15, 0.2) is 12.1 Å². The van der Waals surface area contributed by atoms with Crippen LogP contribution in [0.4, 0.5) is 0 Å². The van der Waals surface area contributed by atoms with Crippen molar-refractivity contribution >= 4 is 5.90 Å². The Hall–Kier alpha value is -0.570. The highest BCUT2D eigenvalue weighted by Crippen LogP contribution is 2.05. The molecule has 0 amide bonds. The van der Waals surface area contributed by atoms with Crippen molar-refractivity contribution < 1.29 is 9.84 Å². The molecule has 52 valence electrons. The van der Waals surface area contributed by atoms with Crippen molar-refractivity contribution in [2.45, 2.75) is 26.0 Å². The van der Waals surface area contributed by atoms with Gasteiger partial charge in [-0.25, -0.2) is 4.99 Å². The third-order valence-electron chi connectivity index (χ3n) is 1.16. The summed E-state index contributed by atoms with van der Waals surface area (Å²) in [5.41, 5.74) is 0. The van der Waals surface area contributed by atoms with Crippen LogP contribution in [-0.2, 0) is 4.74 Å². The summed E-state index contributed by atoms with van der Waals surface area (Å²) in [6.07, 6.45) is 1.26. The fraction of sp³-hybridized carbons (Fsp3) is 0.833. The van der Waals surface area contributed by atoms with E-state index in [4.69, 9.17) is 9.84 Å². The highest BCUT2D eigenvalue weighted by atomic mass is 16.5. The molecule has 0 fully saturated rings. The van der Waals surface area contributed by atoms with Crippen LogP contribution in [0.25, 0.3) is 0 Å². The number of hydrogen-bond donors (Lipinski definition) is 1. The highest BCUT2D eigenvalue weighted by molar-refractivity contribution is 5.77. The summed E-state index contributed by atoms with van der Waals surface area (Å²) in [7, 11) is 0. The van der Waals surface area contributed by atoms with Crippen molar-refractivity contribution in [3.8, 4) is 0 Å². The average molecular weight is 129 g/mol. The van der Waals surface area contributed by atoms with Crippen LogP contribution in [0.15, 0.2) is 4.99 Å². The van der Waals surface area contributed by atoms with Crippen LogP contribution in [0.5, 0.6) is 0 Å². The van der Waals surface area contributed by atoms with E-state index in [0.717, 1.165) is 12.8 Å². The molecule has 1 unspecified atom stereocenters. The molecule has 0 radical (unpaired) electrons. The summed E-state index contributed by atoms with van der Waals surface area (Å²) in [5, 5.41) is 8.81. The smallest absolute Gasteiger partial charge is 0.186 e. The summed E-state index contributed by atoms with van der Waals surface area (Å²) in [4.78, 5) is 3.83. The van der Waals surface area contributed by atoms with E-state index < -0.39 is 6.23 Å². The number of aliphatic hydroxyl groups excluding tert-OH is 1. The maximum atomic E-state index is 8.81. The lowest BCUT2D eigenvalue weighted by atomic mass is 10.3. The normalized spacial score (nSPS) is 25.6. The Morgan fingerprint density at radius 3 is 3.11 bits per heavy atom. The van der Waals surface area contributed by atoms with E-state index in [2.05, 4.69) is 11.9 Å². The second-order valence-electron chi connectivity index (χ2n) is 2.06. The lowest BCUT2D eigenvalue weighted by Crippen LogP contribution is -2.02. The largest absolute Gasteiger partial charge is 0.476 e. The minimum absolute atomic E-state index is 0.343. The van der Waals surface area contributed by atoms with E-state index in [-0.39, 0.29) is 0 Å². The van der Waals surface area contributed by atoms with Crippen LogP contribution in [0.3, 0.4) is 0 Å². The van der Waals surface area contributed by atoms with E-state index in [9.17, 15) is 0 Å². The Morgan fingerprint density at radius 1 is 1.89 bits per heavy atom. The molecule has 1 aliphatic heterocycles. The van der Waals surface area contributed by atoms with Crippen LogP contribution < -0.4 is 0 Å². The maximum Gasteiger partial charge on any atom is 0.186 e. The molecule has 1 heterocycles. The summed E-state index contributed by atoms with van der Waals surface area (Å²) < 4.78 is 5.01. The van der Waals surface area contributed by atoms with Gasteiger partial charge in [0.05, 0.1) is 0 Å². The summed E-state index contributed by atoms with van der Waals surface area (Å²) in [5.74, 6) is 0.699. The molecule has 9 heavy (non-hydrogen) atoms. The maximum absolute atomic E-state index is 8.81. The van der Waals surface area contributed by atoms with Gasteiger partial charge in [-0.1, -0.05) is 6.92 Å². The van der Waals surface area contributed by atoms with Crippen molar-refractivity contribution in [2.75, 3.05) is 6.61 Å². The first kappa shape index (κ1) is 6.55. The Morgan fingerprint density at radius 2 is 2.67 bits per heavy atom.